The average molecular weight is 356 g/mol. The van der Waals surface area contributed by atoms with E-state index in [1.807, 2.05) is 13.0 Å². The number of guanidine groups is 1. The van der Waals surface area contributed by atoms with Gasteiger partial charge in [-0.1, -0.05) is 36.4 Å². The molecular formula is C21H29FN4. The number of halogens is 1. The van der Waals surface area contributed by atoms with Crippen LogP contribution in [0.2, 0.25) is 0 Å². The van der Waals surface area contributed by atoms with Gasteiger partial charge in [-0.3, -0.25) is 0 Å². The second kappa shape index (κ2) is 9.92. The van der Waals surface area contributed by atoms with Crippen molar-refractivity contribution in [2.24, 2.45) is 4.99 Å². The fourth-order valence-electron chi connectivity index (χ4n) is 2.63. The largest absolute Gasteiger partial charge is 0.357 e. The molecular weight excluding hydrogens is 327 g/mol. The Kier molecular flexibility index (Phi) is 7.60. The lowest BCUT2D eigenvalue weighted by molar-refractivity contribution is 0.402. The van der Waals surface area contributed by atoms with Gasteiger partial charge in [0.05, 0.1) is 6.54 Å². The van der Waals surface area contributed by atoms with Crippen LogP contribution in [-0.4, -0.2) is 31.5 Å². The van der Waals surface area contributed by atoms with E-state index in [0.29, 0.717) is 18.7 Å². The Morgan fingerprint density at radius 1 is 1.00 bits per heavy atom. The zero-order chi connectivity index (χ0) is 18.9. The summed E-state index contributed by atoms with van der Waals surface area (Å²) < 4.78 is 13.4. The van der Waals surface area contributed by atoms with Crippen molar-refractivity contribution in [1.82, 2.24) is 15.5 Å². The Hall–Kier alpha value is -2.40. The first kappa shape index (κ1) is 19.9. The summed E-state index contributed by atoms with van der Waals surface area (Å²) in [7, 11) is 4.13. The van der Waals surface area contributed by atoms with E-state index in [4.69, 9.17) is 0 Å². The molecule has 0 spiro atoms. The summed E-state index contributed by atoms with van der Waals surface area (Å²) in [6.45, 7) is 6.75. The number of benzene rings is 2. The van der Waals surface area contributed by atoms with Crippen molar-refractivity contribution in [3.8, 4) is 0 Å². The fraction of sp³-hybridized carbons (Fsp3) is 0.381. The third-order valence-corrected chi connectivity index (χ3v) is 3.97. The Morgan fingerprint density at radius 2 is 1.65 bits per heavy atom. The van der Waals surface area contributed by atoms with Crippen LogP contribution >= 0.6 is 0 Å². The second-order valence-corrected chi connectivity index (χ2v) is 6.69. The maximum Gasteiger partial charge on any atom is 0.191 e. The molecule has 0 fully saturated rings. The van der Waals surface area contributed by atoms with E-state index >= 15 is 0 Å². The van der Waals surface area contributed by atoms with Crippen LogP contribution in [0.3, 0.4) is 0 Å². The number of hydrogen-bond donors (Lipinski definition) is 2. The van der Waals surface area contributed by atoms with Gasteiger partial charge in [0.15, 0.2) is 5.96 Å². The third kappa shape index (κ3) is 6.48. The lowest BCUT2D eigenvalue weighted by Gasteiger charge is -2.13. The monoisotopic (exact) mass is 356 g/mol. The van der Waals surface area contributed by atoms with E-state index in [1.54, 1.807) is 13.0 Å². The normalized spacial score (nSPS) is 11.7. The van der Waals surface area contributed by atoms with E-state index in [-0.39, 0.29) is 5.82 Å². The molecule has 0 aliphatic heterocycles. The summed E-state index contributed by atoms with van der Waals surface area (Å²) in [5.74, 6) is 0.576. The van der Waals surface area contributed by atoms with E-state index in [0.717, 1.165) is 24.6 Å². The van der Waals surface area contributed by atoms with Crippen LogP contribution in [-0.2, 0) is 19.6 Å². The maximum atomic E-state index is 13.4. The van der Waals surface area contributed by atoms with Crippen molar-refractivity contribution < 1.29 is 4.39 Å². The lowest BCUT2D eigenvalue weighted by atomic mass is 10.1. The molecule has 0 radical (unpaired) electrons. The van der Waals surface area contributed by atoms with Gasteiger partial charge in [-0.15, -0.1) is 0 Å². The number of aliphatic imine (C=N–C) groups is 1. The molecule has 2 rings (SSSR count). The molecule has 0 heterocycles. The smallest absolute Gasteiger partial charge is 0.191 e. The second-order valence-electron chi connectivity index (χ2n) is 6.69. The van der Waals surface area contributed by atoms with Gasteiger partial charge in [-0.25, -0.2) is 9.38 Å². The van der Waals surface area contributed by atoms with Crippen molar-refractivity contribution >= 4 is 5.96 Å². The van der Waals surface area contributed by atoms with Crippen molar-refractivity contribution in [3.63, 3.8) is 0 Å². The Bertz CT molecular complexity index is 723. The molecule has 0 bridgehead atoms. The van der Waals surface area contributed by atoms with Gasteiger partial charge in [0.1, 0.15) is 5.82 Å². The fourth-order valence-corrected chi connectivity index (χ4v) is 2.63. The van der Waals surface area contributed by atoms with Crippen molar-refractivity contribution in [2.45, 2.75) is 33.5 Å². The van der Waals surface area contributed by atoms with Gasteiger partial charge in [0.2, 0.25) is 0 Å². The molecule has 5 heteroatoms. The first-order chi connectivity index (χ1) is 12.5. The van der Waals surface area contributed by atoms with E-state index in [9.17, 15) is 4.39 Å². The molecule has 2 aromatic carbocycles. The molecule has 2 N–H and O–H groups in total. The van der Waals surface area contributed by atoms with Crippen molar-refractivity contribution in [1.29, 1.82) is 0 Å². The number of nitrogens with zero attached hydrogens (tertiary/aromatic N) is 2. The summed E-state index contributed by atoms with van der Waals surface area (Å²) in [6.07, 6.45) is 0. The average Bonchev–Trinajstić information content (AvgIpc) is 2.61. The van der Waals surface area contributed by atoms with Crippen LogP contribution in [0.15, 0.2) is 47.5 Å². The third-order valence-electron chi connectivity index (χ3n) is 3.97. The Balaban J connectivity index is 1.95. The molecule has 4 nitrogen and oxygen atoms in total. The van der Waals surface area contributed by atoms with Crippen LogP contribution in [0.5, 0.6) is 0 Å². The molecule has 0 aromatic heterocycles. The summed E-state index contributed by atoms with van der Waals surface area (Å²) in [4.78, 5) is 6.74. The van der Waals surface area contributed by atoms with E-state index in [1.165, 1.54) is 17.2 Å². The lowest BCUT2D eigenvalue weighted by Crippen LogP contribution is -2.36. The number of hydrogen-bond acceptors (Lipinski definition) is 2. The Morgan fingerprint density at radius 3 is 2.27 bits per heavy atom. The zero-order valence-electron chi connectivity index (χ0n) is 16.1. The predicted molar refractivity (Wildman–Crippen MR) is 107 cm³/mol. The molecule has 0 aliphatic rings. The van der Waals surface area contributed by atoms with E-state index < -0.39 is 0 Å². The minimum absolute atomic E-state index is 0.180. The highest BCUT2D eigenvalue weighted by Crippen LogP contribution is 2.10. The highest BCUT2D eigenvalue weighted by molar-refractivity contribution is 5.79. The van der Waals surface area contributed by atoms with Gasteiger partial charge in [0.25, 0.3) is 0 Å². The van der Waals surface area contributed by atoms with Crippen molar-refractivity contribution in [2.75, 3.05) is 20.6 Å². The van der Waals surface area contributed by atoms with Gasteiger partial charge in [-0.2, -0.15) is 0 Å². The molecule has 0 amide bonds. The van der Waals surface area contributed by atoms with Crippen LogP contribution in [0.1, 0.15) is 29.2 Å². The summed E-state index contributed by atoms with van der Waals surface area (Å²) >= 11 is 0. The molecule has 2 aromatic rings. The minimum atomic E-state index is -0.180. The van der Waals surface area contributed by atoms with Crippen LogP contribution < -0.4 is 10.6 Å². The summed E-state index contributed by atoms with van der Waals surface area (Å²) in [6, 6.07) is 13.7. The van der Waals surface area contributed by atoms with Crippen LogP contribution in [0, 0.1) is 12.7 Å². The first-order valence-corrected chi connectivity index (χ1v) is 8.97. The molecule has 0 saturated carbocycles. The molecule has 0 unspecified atom stereocenters. The highest BCUT2D eigenvalue weighted by atomic mass is 19.1. The van der Waals surface area contributed by atoms with Gasteiger partial charge < -0.3 is 15.5 Å². The van der Waals surface area contributed by atoms with Crippen LogP contribution in [0.25, 0.3) is 0 Å². The summed E-state index contributed by atoms with van der Waals surface area (Å²) in [5, 5.41) is 6.59. The molecule has 0 saturated heterocycles. The van der Waals surface area contributed by atoms with E-state index in [2.05, 4.69) is 58.9 Å². The van der Waals surface area contributed by atoms with Crippen molar-refractivity contribution in [3.05, 3.63) is 70.5 Å². The quantitative estimate of drug-likeness (QED) is 0.590. The first-order valence-electron chi connectivity index (χ1n) is 8.97. The number of aryl methyl sites for hydroxylation is 1. The zero-order valence-corrected chi connectivity index (χ0v) is 16.1. The minimum Gasteiger partial charge on any atom is -0.357 e. The SMILES string of the molecule is CCNC(=NCc1ccc(F)c(C)c1)NCc1ccc(CN(C)C)cc1. The number of rotatable bonds is 7. The van der Waals surface area contributed by atoms with Gasteiger partial charge in [0, 0.05) is 19.6 Å². The molecule has 26 heavy (non-hydrogen) atoms. The highest BCUT2D eigenvalue weighted by Gasteiger charge is 2.02. The molecule has 0 atom stereocenters. The Labute approximate surface area is 156 Å². The maximum absolute atomic E-state index is 13.4. The predicted octanol–water partition coefficient (Wildman–Crippen LogP) is 3.45. The topological polar surface area (TPSA) is 39.7 Å². The number of nitrogens with one attached hydrogen (secondary N) is 2. The molecule has 0 aliphatic carbocycles. The van der Waals surface area contributed by atoms with Crippen LogP contribution in [0.4, 0.5) is 4.39 Å². The summed E-state index contributed by atoms with van der Waals surface area (Å²) in [5.41, 5.74) is 4.14. The molecule has 140 valence electrons. The van der Waals surface area contributed by atoms with Gasteiger partial charge in [-0.05, 0) is 56.3 Å². The van der Waals surface area contributed by atoms with Gasteiger partial charge >= 0.3 is 0 Å². The standard InChI is InChI=1S/C21H29FN4/c1-5-23-21(25-14-19-10-11-20(22)16(2)12-19)24-13-17-6-8-18(9-7-17)15-26(3)4/h6-12H,5,13-15H2,1-4H3,(H2,23,24,25).